The molecule has 2 rings (SSSR count). The summed E-state index contributed by atoms with van der Waals surface area (Å²) in [6.45, 7) is 5.58. The zero-order chi connectivity index (χ0) is 17.0. The SMILES string of the molecule is CCO[C@@H](C)C(=O)N1CCN(C(=O)c2ccc(Cl)cc2F)CC1. The maximum Gasteiger partial charge on any atom is 0.256 e. The fourth-order valence-electron chi connectivity index (χ4n) is 2.54. The van der Waals surface area contributed by atoms with E-state index in [9.17, 15) is 14.0 Å². The fraction of sp³-hybridized carbons (Fsp3) is 0.500. The quantitative estimate of drug-likeness (QED) is 0.842. The third kappa shape index (κ3) is 4.20. The minimum absolute atomic E-state index is 0.00291. The molecule has 0 spiro atoms. The van der Waals surface area contributed by atoms with E-state index in [0.29, 0.717) is 32.8 Å². The summed E-state index contributed by atoms with van der Waals surface area (Å²) in [5.41, 5.74) is -0.00291. The minimum Gasteiger partial charge on any atom is -0.369 e. The van der Waals surface area contributed by atoms with Crippen LogP contribution in [0.5, 0.6) is 0 Å². The lowest BCUT2D eigenvalue weighted by atomic mass is 10.1. The van der Waals surface area contributed by atoms with Gasteiger partial charge in [0.1, 0.15) is 11.9 Å². The van der Waals surface area contributed by atoms with Crippen molar-refractivity contribution in [1.29, 1.82) is 0 Å². The lowest BCUT2D eigenvalue weighted by Gasteiger charge is -2.35. The topological polar surface area (TPSA) is 49.9 Å². The van der Waals surface area contributed by atoms with Gasteiger partial charge in [-0.15, -0.1) is 0 Å². The summed E-state index contributed by atoms with van der Waals surface area (Å²) in [4.78, 5) is 27.7. The van der Waals surface area contributed by atoms with Crippen molar-refractivity contribution in [2.45, 2.75) is 20.0 Å². The van der Waals surface area contributed by atoms with Crippen molar-refractivity contribution in [1.82, 2.24) is 9.80 Å². The van der Waals surface area contributed by atoms with Gasteiger partial charge in [0.2, 0.25) is 0 Å². The van der Waals surface area contributed by atoms with Gasteiger partial charge in [0.25, 0.3) is 11.8 Å². The van der Waals surface area contributed by atoms with Crippen molar-refractivity contribution in [3.8, 4) is 0 Å². The second-order valence-corrected chi connectivity index (χ2v) is 5.78. The maximum atomic E-state index is 13.8. The second kappa shape index (κ2) is 7.75. The van der Waals surface area contributed by atoms with E-state index in [-0.39, 0.29) is 22.4 Å². The van der Waals surface area contributed by atoms with Crippen LogP contribution in [0.15, 0.2) is 18.2 Å². The number of benzene rings is 1. The van der Waals surface area contributed by atoms with Gasteiger partial charge < -0.3 is 14.5 Å². The second-order valence-electron chi connectivity index (χ2n) is 5.34. The molecule has 0 aromatic heterocycles. The summed E-state index contributed by atoms with van der Waals surface area (Å²) in [5, 5.41) is 0.249. The highest BCUT2D eigenvalue weighted by Gasteiger charge is 2.28. The molecule has 1 aromatic rings. The molecule has 0 N–H and O–H groups in total. The number of piperazine rings is 1. The fourth-order valence-corrected chi connectivity index (χ4v) is 2.70. The molecule has 0 radical (unpaired) electrons. The first-order valence-electron chi connectivity index (χ1n) is 7.58. The average Bonchev–Trinajstić information content (AvgIpc) is 2.54. The summed E-state index contributed by atoms with van der Waals surface area (Å²) in [5.74, 6) is -1.10. The van der Waals surface area contributed by atoms with E-state index >= 15 is 0 Å². The van der Waals surface area contributed by atoms with Crippen LogP contribution in [0.25, 0.3) is 0 Å². The molecule has 0 saturated carbocycles. The largest absolute Gasteiger partial charge is 0.369 e. The van der Waals surface area contributed by atoms with Crippen LogP contribution in [0.2, 0.25) is 5.02 Å². The van der Waals surface area contributed by atoms with Crippen molar-refractivity contribution in [3.05, 3.63) is 34.6 Å². The molecule has 0 aliphatic carbocycles. The maximum absolute atomic E-state index is 13.8. The molecule has 126 valence electrons. The van der Waals surface area contributed by atoms with E-state index in [1.165, 1.54) is 12.1 Å². The first-order chi connectivity index (χ1) is 10.9. The number of ether oxygens (including phenoxy) is 1. The first kappa shape index (κ1) is 17.7. The molecule has 2 amide bonds. The lowest BCUT2D eigenvalue weighted by molar-refractivity contribution is -0.143. The van der Waals surface area contributed by atoms with Crippen LogP contribution in [0.3, 0.4) is 0 Å². The van der Waals surface area contributed by atoms with Gasteiger partial charge in [-0.3, -0.25) is 9.59 Å². The van der Waals surface area contributed by atoms with E-state index in [2.05, 4.69) is 0 Å². The molecule has 5 nitrogen and oxygen atoms in total. The number of nitrogens with zero attached hydrogens (tertiary/aromatic N) is 2. The molecule has 23 heavy (non-hydrogen) atoms. The molecule has 0 bridgehead atoms. The Hall–Kier alpha value is -1.66. The Labute approximate surface area is 140 Å². The molecule has 1 atom stereocenters. The van der Waals surface area contributed by atoms with Crippen molar-refractivity contribution in [2.75, 3.05) is 32.8 Å². The van der Waals surface area contributed by atoms with Gasteiger partial charge in [0, 0.05) is 37.8 Å². The Morgan fingerprint density at radius 3 is 2.43 bits per heavy atom. The number of rotatable bonds is 4. The highest BCUT2D eigenvalue weighted by atomic mass is 35.5. The average molecular weight is 343 g/mol. The molecule has 1 heterocycles. The van der Waals surface area contributed by atoms with Gasteiger partial charge in [-0.05, 0) is 32.0 Å². The Balaban J connectivity index is 1.96. The predicted octanol–water partition coefficient (Wildman–Crippen LogP) is 2.19. The number of hydrogen-bond donors (Lipinski definition) is 0. The smallest absolute Gasteiger partial charge is 0.256 e. The highest BCUT2D eigenvalue weighted by Crippen LogP contribution is 2.17. The third-order valence-corrected chi connectivity index (χ3v) is 4.04. The van der Waals surface area contributed by atoms with E-state index in [1.807, 2.05) is 6.92 Å². The van der Waals surface area contributed by atoms with Gasteiger partial charge in [0.15, 0.2) is 0 Å². The Morgan fingerprint density at radius 1 is 1.26 bits per heavy atom. The molecule has 1 aliphatic rings. The Morgan fingerprint density at radius 2 is 1.87 bits per heavy atom. The molecule has 1 fully saturated rings. The zero-order valence-corrected chi connectivity index (χ0v) is 14.0. The van der Waals surface area contributed by atoms with Crippen LogP contribution < -0.4 is 0 Å². The van der Waals surface area contributed by atoms with Crippen LogP contribution in [0, 0.1) is 5.82 Å². The number of halogens is 2. The molecule has 1 aromatic carbocycles. The van der Waals surface area contributed by atoms with Crippen molar-refractivity contribution < 1.29 is 18.7 Å². The van der Waals surface area contributed by atoms with Gasteiger partial charge in [0.05, 0.1) is 5.56 Å². The summed E-state index contributed by atoms with van der Waals surface area (Å²) in [6.07, 6.45) is -0.490. The minimum atomic E-state index is -0.633. The van der Waals surface area contributed by atoms with E-state index < -0.39 is 11.9 Å². The van der Waals surface area contributed by atoms with Crippen molar-refractivity contribution in [3.63, 3.8) is 0 Å². The normalized spacial score (nSPS) is 16.3. The molecule has 7 heteroatoms. The van der Waals surface area contributed by atoms with E-state index in [1.54, 1.807) is 16.7 Å². The molecular formula is C16H20ClFN2O3. The van der Waals surface area contributed by atoms with Crippen LogP contribution in [0.1, 0.15) is 24.2 Å². The number of carbonyl (C=O) groups is 2. The molecule has 0 unspecified atom stereocenters. The first-order valence-corrected chi connectivity index (χ1v) is 7.96. The van der Waals surface area contributed by atoms with Crippen LogP contribution in [-0.4, -0.2) is 60.5 Å². The summed E-state index contributed by atoms with van der Waals surface area (Å²) in [6, 6.07) is 3.99. The lowest BCUT2D eigenvalue weighted by Crippen LogP contribution is -2.53. The summed E-state index contributed by atoms with van der Waals surface area (Å²) < 4.78 is 19.1. The number of amides is 2. The Bertz CT molecular complexity index is 589. The van der Waals surface area contributed by atoms with Crippen LogP contribution in [0.4, 0.5) is 4.39 Å². The van der Waals surface area contributed by atoms with E-state index in [4.69, 9.17) is 16.3 Å². The van der Waals surface area contributed by atoms with Crippen LogP contribution in [-0.2, 0) is 9.53 Å². The van der Waals surface area contributed by atoms with Gasteiger partial charge >= 0.3 is 0 Å². The van der Waals surface area contributed by atoms with Crippen molar-refractivity contribution in [2.24, 2.45) is 0 Å². The molecule has 1 saturated heterocycles. The zero-order valence-electron chi connectivity index (χ0n) is 13.2. The standard InChI is InChI=1S/C16H20ClFN2O3/c1-3-23-11(2)15(21)19-6-8-20(9-7-19)16(22)13-5-4-12(17)10-14(13)18/h4-5,10-11H,3,6-9H2,1-2H3/t11-/m0/s1. The van der Waals surface area contributed by atoms with Gasteiger partial charge in [-0.2, -0.15) is 0 Å². The summed E-state index contributed by atoms with van der Waals surface area (Å²) in [7, 11) is 0. The molecular weight excluding hydrogens is 323 g/mol. The third-order valence-electron chi connectivity index (χ3n) is 3.80. The van der Waals surface area contributed by atoms with Gasteiger partial charge in [-0.1, -0.05) is 11.6 Å². The van der Waals surface area contributed by atoms with Crippen molar-refractivity contribution >= 4 is 23.4 Å². The van der Waals surface area contributed by atoms with E-state index in [0.717, 1.165) is 6.07 Å². The highest BCUT2D eigenvalue weighted by molar-refractivity contribution is 6.30. The predicted molar refractivity (Wildman–Crippen MR) is 85.0 cm³/mol. The number of hydrogen-bond acceptors (Lipinski definition) is 3. The summed E-state index contributed by atoms with van der Waals surface area (Å²) >= 11 is 5.70. The monoisotopic (exact) mass is 342 g/mol. The van der Waals surface area contributed by atoms with Crippen LogP contribution >= 0.6 is 11.6 Å². The Kier molecular flexibility index (Phi) is 5.96. The molecule has 1 aliphatic heterocycles. The van der Waals surface area contributed by atoms with Gasteiger partial charge in [-0.25, -0.2) is 4.39 Å². The number of carbonyl (C=O) groups excluding carboxylic acids is 2.